The van der Waals surface area contributed by atoms with Crippen molar-refractivity contribution in [3.63, 3.8) is 0 Å². The second-order valence-corrected chi connectivity index (χ2v) is 7.23. The van der Waals surface area contributed by atoms with Gasteiger partial charge in [-0.2, -0.15) is 5.10 Å². The van der Waals surface area contributed by atoms with Gasteiger partial charge < -0.3 is 14.6 Å². The van der Waals surface area contributed by atoms with E-state index in [0.29, 0.717) is 24.7 Å². The third kappa shape index (κ3) is 3.81. The Balaban J connectivity index is 1.57. The molecule has 0 radical (unpaired) electrons. The Labute approximate surface area is 168 Å². The highest BCUT2D eigenvalue weighted by Crippen LogP contribution is 2.31. The second kappa shape index (κ2) is 8.16. The molecule has 1 amide bonds. The van der Waals surface area contributed by atoms with Gasteiger partial charge in [-0.05, 0) is 30.5 Å². The van der Waals surface area contributed by atoms with Gasteiger partial charge in [0.2, 0.25) is 5.91 Å². The molecule has 0 spiro atoms. The van der Waals surface area contributed by atoms with Crippen LogP contribution in [0.25, 0.3) is 22.6 Å². The van der Waals surface area contributed by atoms with Crippen molar-refractivity contribution in [1.82, 2.24) is 24.6 Å². The van der Waals surface area contributed by atoms with Crippen LogP contribution in [0.1, 0.15) is 12.8 Å². The maximum Gasteiger partial charge on any atom is 0.249 e. The van der Waals surface area contributed by atoms with E-state index in [-0.39, 0.29) is 12.0 Å². The lowest BCUT2D eigenvalue weighted by molar-refractivity contribution is -0.130. The summed E-state index contributed by atoms with van der Waals surface area (Å²) < 4.78 is 9.26. The number of carbonyl (C=O) groups excluding carboxylic acids is 1. The van der Waals surface area contributed by atoms with Crippen LogP contribution in [0.5, 0.6) is 0 Å². The topological polar surface area (TPSA) is 74.0 Å². The summed E-state index contributed by atoms with van der Waals surface area (Å²) in [4.78, 5) is 16.7. The SMILES string of the molecule is Cn1ccnc1-c1c(-c2ccc(Cl)cc2)cnn1CCNC(=O)[C@H]1CCCO1. The van der Waals surface area contributed by atoms with Crippen LogP contribution in [0, 0.1) is 0 Å². The van der Waals surface area contributed by atoms with Crippen LogP contribution in [0.4, 0.5) is 0 Å². The maximum absolute atomic E-state index is 12.2. The van der Waals surface area contributed by atoms with Gasteiger partial charge in [0, 0.05) is 43.2 Å². The third-order valence-electron chi connectivity index (χ3n) is 4.87. The molecule has 2 aromatic heterocycles. The van der Waals surface area contributed by atoms with Crippen LogP contribution in [0.2, 0.25) is 5.02 Å². The van der Waals surface area contributed by atoms with Crippen molar-refractivity contribution in [1.29, 1.82) is 0 Å². The Morgan fingerprint density at radius 3 is 2.86 bits per heavy atom. The van der Waals surface area contributed by atoms with E-state index in [1.54, 1.807) is 6.20 Å². The lowest BCUT2D eigenvalue weighted by Crippen LogP contribution is -2.36. The summed E-state index contributed by atoms with van der Waals surface area (Å²) in [5, 5.41) is 8.19. The number of hydrogen-bond acceptors (Lipinski definition) is 4. The van der Waals surface area contributed by atoms with Crippen LogP contribution < -0.4 is 5.32 Å². The fourth-order valence-corrected chi connectivity index (χ4v) is 3.53. The fraction of sp³-hybridized carbons (Fsp3) is 0.350. The first kappa shape index (κ1) is 18.7. The van der Waals surface area contributed by atoms with Gasteiger partial charge in [0.15, 0.2) is 5.82 Å². The maximum atomic E-state index is 12.2. The van der Waals surface area contributed by atoms with E-state index in [0.717, 1.165) is 35.5 Å². The highest BCUT2D eigenvalue weighted by molar-refractivity contribution is 6.30. The standard InChI is InChI=1S/C20H22ClN5O2/c1-25-10-8-22-19(25)18-16(14-4-6-15(21)7-5-14)13-24-26(18)11-9-23-20(27)17-3-2-12-28-17/h4-8,10,13,17H,2-3,9,11-12H2,1H3,(H,23,27)/t17-/m1/s1. The van der Waals surface area contributed by atoms with E-state index < -0.39 is 0 Å². The zero-order chi connectivity index (χ0) is 19.5. The lowest BCUT2D eigenvalue weighted by atomic mass is 10.1. The van der Waals surface area contributed by atoms with E-state index >= 15 is 0 Å². The second-order valence-electron chi connectivity index (χ2n) is 6.79. The van der Waals surface area contributed by atoms with Crippen LogP contribution in [0.15, 0.2) is 42.9 Å². The zero-order valence-electron chi connectivity index (χ0n) is 15.6. The molecule has 1 saturated heterocycles. The van der Waals surface area contributed by atoms with Gasteiger partial charge in [0.05, 0.1) is 12.7 Å². The van der Waals surface area contributed by atoms with Gasteiger partial charge in [-0.15, -0.1) is 0 Å². The number of ether oxygens (including phenoxy) is 1. The van der Waals surface area contributed by atoms with Crippen LogP contribution in [-0.4, -0.2) is 44.5 Å². The van der Waals surface area contributed by atoms with E-state index in [4.69, 9.17) is 16.3 Å². The average Bonchev–Trinajstić information content (AvgIpc) is 3.43. The summed E-state index contributed by atoms with van der Waals surface area (Å²) in [7, 11) is 1.95. The third-order valence-corrected chi connectivity index (χ3v) is 5.12. The van der Waals surface area contributed by atoms with Crippen molar-refractivity contribution in [2.45, 2.75) is 25.5 Å². The molecular weight excluding hydrogens is 378 g/mol. The molecule has 28 heavy (non-hydrogen) atoms. The van der Waals surface area contributed by atoms with Gasteiger partial charge in [-0.25, -0.2) is 4.98 Å². The van der Waals surface area contributed by atoms with Gasteiger partial charge in [-0.3, -0.25) is 9.48 Å². The number of aryl methyl sites for hydroxylation is 1. The van der Waals surface area contributed by atoms with E-state index in [2.05, 4.69) is 15.4 Å². The Kier molecular flexibility index (Phi) is 5.45. The molecule has 1 aromatic carbocycles. The van der Waals surface area contributed by atoms with Gasteiger partial charge in [-0.1, -0.05) is 23.7 Å². The molecule has 0 unspecified atom stereocenters. The number of aromatic nitrogens is 4. The Morgan fingerprint density at radius 1 is 1.36 bits per heavy atom. The van der Waals surface area contributed by atoms with Crippen LogP contribution in [0.3, 0.4) is 0 Å². The summed E-state index contributed by atoms with van der Waals surface area (Å²) in [5.41, 5.74) is 2.88. The molecule has 0 saturated carbocycles. The van der Waals surface area contributed by atoms with Crippen molar-refractivity contribution in [2.24, 2.45) is 7.05 Å². The van der Waals surface area contributed by atoms with E-state index in [9.17, 15) is 4.79 Å². The number of imidazole rings is 1. The number of rotatable bonds is 6. The number of halogens is 1. The monoisotopic (exact) mass is 399 g/mol. The molecule has 4 rings (SSSR count). The molecule has 1 N–H and O–H groups in total. The molecule has 146 valence electrons. The molecule has 0 bridgehead atoms. The minimum absolute atomic E-state index is 0.0545. The first-order valence-electron chi connectivity index (χ1n) is 9.32. The largest absolute Gasteiger partial charge is 0.368 e. The van der Waals surface area contributed by atoms with E-state index in [1.807, 2.05) is 53.0 Å². The summed E-state index contributed by atoms with van der Waals surface area (Å²) in [5.74, 6) is 0.758. The molecule has 7 nitrogen and oxygen atoms in total. The minimum Gasteiger partial charge on any atom is -0.368 e. The fourth-order valence-electron chi connectivity index (χ4n) is 3.41. The summed E-state index contributed by atoms with van der Waals surface area (Å²) >= 11 is 6.03. The molecule has 1 aliphatic rings. The van der Waals surface area contributed by atoms with Crippen LogP contribution in [-0.2, 0) is 23.1 Å². The number of amides is 1. The molecular formula is C20H22ClN5O2. The normalized spacial score (nSPS) is 16.4. The molecule has 8 heteroatoms. The highest BCUT2D eigenvalue weighted by atomic mass is 35.5. The molecule has 0 aliphatic carbocycles. The highest BCUT2D eigenvalue weighted by Gasteiger charge is 2.23. The van der Waals surface area contributed by atoms with Gasteiger partial charge in [0.1, 0.15) is 11.8 Å². The first-order chi connectivity index (χ1) is 13.6. The zero-order valence-corrected chi connectivity index (χ0v) is 16.4. The Bertz CT molecular complexity index is 957. The predicted molar refractivity (Wildman–Crippen MR) is 107 cm³/mol. The van der Waals surface area contributed by atoms with Crippen molar-refractivity contribution < 1.29 is 9.53 Å². The quantitative estimate of drug-likeness (QED) is 0.691. The summed E-state index contributed by atoms with van der Waals surface area (Å²) in [6.07, 6.45) is 6.89. The number of carbonyl (C=O) groups is 1. The average molecular weight is 400 g/mol. The minimum atomic E-state index is -0.323. The van der Waals surface area contributed by atoms with Gasteiger partial charge >= 0.3 is 0 Å². The Hall–Kier alpha value is -2.64. The number of nitrogens with one attached hydrogen (secondary N) is 1. The lowest BCUT2D eigenvalue weighted by Gasteiger charge is -2.13. The van der Waals surface area contributed by atoms with Crippen molar-refractivity contribution >= 4 is 17.5 Å². The molecule has 1 aliphatic heterocycles. The van der Waals surface area contributed by atoms with Crippen LogP contribution >= 0.6 is 11.6 Å². The molecule has 1 fully saturated rings. The van der Waals surface area contributed by atoms with Crippen molar-refractivity contribution in [3.05, 3.63) is 47.9 Å². The smallest absolute Gasteiger partial charge is 0.249 e. The first-order valence-corrected chi connectivity index (χ1v) is 9.70. The number of hydrogen-bond donors (Lipinski definition) is 1. The summed E-state index contributed by atoms with van der Waals surface area (Å²) in [6, 6.07) is 7.65. The number of nitrogens with zero attached hydrogens (tertiary/aromatic N) is 4. The predicted octanol–water partition coefficient (Wildman–Crippen LogP) is 2.90. The van der Waals surface area contributed by atoms with Crippen molar-refractivity contribution in [3.8, 4) is 22.6 Å². The summed E-state index contributed by atoms with van der Waals surface area (Å²) in [6.45, 7) is 1.66. The molecule has 3 aromatic rings. The van der Waals surface area contributed by atoms with E-state index in [1.165, 1.54) is 0 Å². The van der Waals surface area contributed by atoms with Crippen molar-refractivity contribution in [2.75, 3.05) is 13.2 Å². The molecule has 1 atom stereocenters. The van der Waals surface area contributed by atoms with Gasteiger partial charge in [0.25, 0.3) is 0 Å². The molecule has 3 heterocycles. The number of benzene rings is 1. The Morgan fingerprint density at radius 2 is 2.18 bits per heavy atom.